The molecule has 0 amide bonds. The van der Waals surface area contributed by atoms with Gasteiger partial charge in [-0.1, -0.05) is 0 Å². The first-order valence-corrected chi connectivity index (χ1v) is 16.8. The molecule has 0 aliphatic heterocycles. The van der Waals surface area contributed by atoms with Gasteiger partial charge in [-0.25, -0.2) is 0 Å². The number of thiocarbonyl (C=S) groups is 1. The molecule has 0 aliphatic carbocycles. The van der Waals surface area contributed by atoms with E-state index in [0.717, 1.165) is 13.1 Å². The third-order valence-electron chi connectivity index (χ3n) is 3.26. The molecule has 0 unspecified atom stereocenters. The molecule has 0 aliphatic rings. The maximum atomic E-state index is 5.56. The van der Waals surface area contributed by atoms with Gasteiger partial charge in [-0.15, -0.1) is 0 Å². The Hall–Kier alpha value is 1.04. The Morgan fingerprint density at radius 3 is 1.67 bits per heavy atom. The minimum atomic E-state index is -1.91. The number of hydrogen-bond donors (Lipinski definition) is 0. The van der Waals surface area contributed by atoms with Crippen LogP contribution in [-0.2, 0) is 0 Å². The summed E-state index contributed by atoms with van der Waals surface area (Å²) in [6.07, 6.45) is 0. The van der Waals surface area contributed by atoms with Crippen LogP contribution >= 0.6 is 21.2 Å². The molecule has 0 fully saturated rings. The van der Waals surface area contributed by atoms with Crippen LogP contribution in [0.1, 0.15) is 34.6 Å². The average molecular weight is 354 g/mol. The molecule has 0 bridgehead atoms. The maximum absolute atomic E-state index is 5.56. The molecule has 0 saturated heterocycles. The van der Waals surface area contributed by atoms with E-state index < -0.39 is 17.0 Å². The molecule has 0 N–H and O–H groups in total. The van der Waals surface area contributed by atoms with Crippen LogP contribution < -0.4 is 0 Å². The zero-order valence-corrected chi connectivity index (χ0v) is 15.3. The van der Waals surface area contributed by atoms with Gasteiger partial charge >= 0.3 is 108 Å². The van der Waals surface area contributed by atoms with Gasteiger partial charge in [-0.3, -0.25) is 0 Å². The van der Waals surface area contributed by atoms with Gasteiger partial charge < -0.3 is 0 Å². The van der Waals surface area contributed by atoms with Crippen LogP contribution in [0, 0.1) is 0 Å². The fourth-order valence-corrected chi connectivity index (χ4v) is 19.0. The molecule has 0 heterocycles. The third kappa shape index (κ3) is 4.82. The van der Waals surface area contributed by atoms with Crippen LogP contribution in [0.5, 0.6) is 0 Å². The molecule has 0 radical (unpaired) electrons. The van der Waals surface area contributed by atoms with Crippen LogP contribution in [0.15, 0.2) is 0 Å². The molecule has 0 aromatic rings. The molecular formula is C11H25NS2Sn. The van der Waals surface area contributed by atoms with Gasteiger partial charge in [0, 0.05) is 0 Å². The number of nitrogens with zero attached hydrogens (tertiary/aromatic N) is 1. The molecular weight excluding hydrogens is 329 g/mol. The van der Waals surface area contributed by atoms with Gasteiger partial charge in [0.05, 0.1) is 0 Å². The second kappa shape index (κ2) is 8.18. The fraction of sp³-hybridized carbons (Fsp3) is 0.909. The molecule has 0 spiro atoms. The number of hydrogen-bond acceptors (Lipinski definition) is 2. The molecule has 0 atom stereocenters. The van der Waals surface area contributed by atoms with E-state index in [2.05, 4.69) is 48.5 Å². The van der Waals surface area contributed by atoms with Crippen molar-refractivity contribution in [2.24, 2.45) is 0 Å². The van der Waals surface area contributed by atoms with Crippen LogP contribution in [0.2, 0.25) is 13.3 Å². The Labute approximate surface area is 108 Å². The van der Waals surface area contributed by atoms with E-state index in [1.807, 2.05) is 0 Å². The molecule has 1 nitrogen and oxygen atoms in total. The van der Waals surface area contributed by atoms with Gasteiger partial charge in [0.15, 0.2) is 0 Å². The van der Waals surface area contributed by atoms with Crippen LogP contribution in [0.25, 0.3) is 0 Å². The standard InChI is InChI=1S/C5H11NS2.3C2H5.Sn/c1-3-6(4-2)5(7)8;3*1-2;/h3-4H2,1-2H3,(H,7,8);3*1H2,2H3;/q;;;;+1/p-1. The molecule has 90 valence electrons. The monoisotopic (exact) mass is 355 g/mol. The zero-order chi connectivity index (χ0) is 11.9. The van der Waals surface area contributed by atoms with Crippen LogP contribution in [0.3, 0.4) is 0 Å². The van der Waals surface area contributed by atoms with Crippen molar-refractivity contribution < 1.29 is 0 Å². The molecule has 0 rings (SSSR count). The summed E-state index contributed by atoms with van der Waals surface area (Å²) in [5, 5.41) is 0. The Kier molecular flexibility index (Phi) is 8.74. The van der Waals surface area contributed by atoms with Gasteiger partial charge in [0.1, 0.15) is 0 Å². The normalized spacial score (nSPS) is 11.5. The summed E-state index contributed by atoms with van der Waals surface area (Å²) < 4.78 is 5.40. The third-order valence-corrected chi connectivity index (χ3v) is 28.1. The first-order valence-electron chi connectivity index (χ1n) is 6.06. The van der Waals surface area contributed by atoms with Crippen molar-refractivity contribution in [3.05, 3.63) is 0 Å². The van der Waals surface area contributed by atoms with Crippen molar-refractivity contribution in [1.29, 1.82) is 0 Å². The van der Waals surface area contributed by atoms with E-state index in [1.165, 1.54) is 17.6 Å². The van der Waals surface area contributed by atoms with Gasteiger partial charge in [0.2, 0.25) is 0 Å². The quantitative estimate of drug-likeness (QED) is 0.516. The average Bonchev–Trinajstić information content (AvgIpc) is 2.28. The summed E-state index contributed by atoms with van der Waals surface area (Å²) >= 11 is 3.65. The Bertz CT molecular complexity index is 181. The van der Waals surface area contributed by atoms with Gasteiger partial charge in [0.25, 0.3) is 0 Å². The fourth-order valence-electron chi connectivity index (χ4n) is 1.70. The summed E-state index contributed by atoms with van der Waals surface area (Å²) in [5.41, 5.74) is 0. The van der Waals surface area contributed by atoms with E-state index in [0.29, 0.717) is 0 Å². The molecule has 15 heavy (non-hydrogen) atoms. The van der Waals surface area contributed by atoms with E-state index in [1.54, 1.807) is 0 Å². The summed E-state index contributed by atoms with van der Waals surface area (Å²) in [6, 6.07) is 0. The van der Waals surface area contributed by atoms with Gasteiger partial charge in [-0.05, 0) is 0 Å². The van der Waals surface area contributed by atoms with Crippen LogP contribution in [-0.4, -0.2) is 39.3 Å². The summed E-state index contributed by atoms with van der Waals surface area (Å²) in [5.74, 6) is 0. The first-order chi connectivity index (χ1) is 7.09. The van der Waals surface area contributed by atoms with Crippen molar-refractivity contribution in [1.82, 2.24) is 4.90 Å². The van der Waals surface area contributed by atoms with E-state index in [4.69, 9.17) is 12.2 Å². The Morgan fingerprint density at radius 1 is 1.00 bits per heavy atom. The zero-order valence-electron chi connectivity index (χ0n) is 10.8. The molecule has 0 aromatic heterocycles. The first kappa shape index (κ1) is 16.0. The van der Waals surface area contributed by atoms with E-state index >= 15 is 0 Å². The van der Waals surface area contributed by atoms with Crippen LogP contribution in [0.4, 0.5) is 0 Å². The second-order valence-electron chi connectivity index (χ2n) is 3.78. The van der Waals surface area contributed by atoms with E-state index in [-0.39, 0.29) is 0 Å². The Balaban J connectivity index is 4.46. The van der Waals surface area contributed by atoms with Crippen molar-refractivity contribution in [3.63, 3.8) is 0 Å². The predicted molar refractivity (Wildman–Crippen MR) is 80.3 cm³/mol. The van der Waals surface area contributed by atoms with Crippen molar-refractivity contribution in [2.45, 2.75) is 47.9 Å². The Morgan fingerprint density at radius 2 is 1.40 bits per heavy atom. The van der Waals surface area contributed by atoms with E-state index in [9.17, 15) is 0 Å². The summed E-state index contributed by atoms with van der Waals surface area (Å²) in [7, 11) is 2.12. The molecule has 0 aromatic carbocycles. The minimum absolute atomic E-state index is 1.06. The van der Waals surface area contributed by atoms with Crippen molar-refractivity contribution >= 4 is 42.5 Å². The van der Waals surface area contributed by atoms with Crippen molar-refractivity contribution in [2.75, 3.05) is 13.1 Å². The molecule has 0 saturated carbocycles. The summed E-state index contributed by atoms with van der Waals surface area (Å²) in [6.45, 7) is 13.6. The topological polar surface area (TPSA) is 3.24 Å². The second-order valence-corrected chi connectivity index (χ2v) is 25.4. The van der Waals surface area contributed by atoms with Gasteiger partial charge in [-0.2, -0.15) is 0 Å². The summed E-state index contributed by atoms with van der Waals surface area (Å²) in [4.78, 5) is 2.33. The SMILES string of the molecule is CCN(CC)C(=S)[S][Sn]([CH2]C)([CH2]C)[CH2]C. The van der Waals surface area contributed by atoms with Crippen molar-refractivity contribution in [3.8, 4) is 0 Å². The molecule has 4 heteroatoms. The predicted octanol–water partition coefficient (Wildman–Crippen LogP) is 4.35. The number of rotatable bonds is 6.